The third-order valence-corrected chi connectivity index (χ3v) is 5.40. The monoisotopic (exact) mass is 411 g/mol. The highest BCUT2D eigenvalue weighted by Gasteiger charge is 2.34. The van der Waals surface area contributed by atoms with Gasteiger partial charge in [0.05, 0.1) is 12.0 Å². The van der Waals surface area contributed by atoms with E-state index in [0.717, 1.165) is 23.3 Å². The maximum absolute atomic E-state index is 12.9. The van der Waals surface area contributed by atoms with Crippen molar-refractivity contribution in [3.8, 4) is 5.75 Å². The van der Waals surface area contributed by atoms with Crippen molar-refractivity contribution in [2.24, 2.45) is 0 Å². The zero-order valence-corrected chi connectivity index (χ0v) is 17.3. The fourth-order valence-corrected chi connectivity index (χ4v) is 3.72. The van der Waals surface area contributed by atoms with Gasteiger partial charge in [-0.3, -0.25) is 19.7 Å². The predicted molar refractivity (Wildman–Crippen MR) is 111 cm³/mol. The van der Waals surface area contributed by atoms with Crippen molar-refractivity contribution in [3.63, 3.8) is 0 Å². The van der Waals surface area contributed by atoms with Crippen LogP contribution in [0.5, 0.6) is 5.75 Å². The van der Waals surface area contributed by atoms with Crippen molar-refractivity contribution in [2.45, 2.75) is 39.3 Å². The van der Waals surface area contributed by atoms with E-state index >= 15 is 0 Å². The van der Waals surface area contributed by atoms with Crippen molar-refractivity contribution in [3.05, 3.63) is 68.8 Å². The van der Waals surface area contributed by atoms with Crippen LogP contribution in [-0.4, -0.2) is 41.3 Å². The minimum absolute atomic E-state index is 0.0317. The second kappa shape index (κ2) is 8.94. The zero-order valence-electron chi connectivity index (χ0n) is 17.3. The van der Waals surface area contributed by atoms with Gasteiger partial charge in [-0.2, -0.15) is 0 Å². The molecule has 0 radical (unpaired) electrons. The van der Waals surface area contributed by atoms with Crippen LogP contribution in [0.3, 0.4) is 0 Å². The number of carbonyl (C=O) groups excluding carboxylic acids is 2. The molecule has 1 aliphatic heterocycles. The van der Waals surface area contributed by atoms with Gasteiger partial charge in [-0.15, -0.1) is 0 Å². The molecule has 2 aromatic carbocycles. The van der Waals surface area contributed by atoms with Crippen molar-refractivity contribution < 1.29 is 19.2 Å². The molecule has 1 atom stereocenters. The van der Waals surface area contributed by atoms with Crippen LogP contribution >= 0.6 is 0 Å². The number of amides is 2. The minimum Gasteiger partial charge on any atom is -0.496 e. The van der Waals surface area contributed by atoms with Gasteiger partial charge in [0.1, 0.15) is 11.8 Å². The molecule has 0 bridgehead atoms. The number of hydrogen-bond acceptors (Lipinski definition) is 5. The average Bonchev–Trinajstić information content (AvgIpc) is 3.22. The summed E-state index contributed by atoms with van der Waals surface area (Å²) in [5.74, 6) is 0.259. The number of nitrogens with zero attached hydrogens (tertiary/aromatic N) is 2. The number of nitro benzene ring substituents is 1. The lowest BCUT2D eigenvalue weighted by atomic mass is 10.1. The second-order valence-corrected chi connectivity index (χ2v) is 7.44. The highest BCUT2D eigenvalue weighted by molar-refractivity contribution is 5.98. The summed E-state index contributed by atoms with van der Waals surface area (Å²) in [6.07, 6.45) is 1.31. The van der Waals surface area contributed by atoms with Gasteiger partial charge >= 0.3 is 0 Å². The molecule has 0 aliphatic carbocycles. The van der Waals surface area contributed by atoms with E-state index in [9.17, 15) is 19.7 Å². The molecule has 0 spiro atoms. The summed E-state index contributed by atoms with van der Waals surface area (Å²) >= 11 is 0. The Hall–Kier alpha value is -3.42. The molecule has 1 N–H and O–H groups in total. The Morgan fingerprint density at radius 2 is 1.97 bits per heavy atom. The minimum atomic E-state index is -0.555. The summed E-state index contributed by atoms with van der Waals surface area (Å²) < 4.78 is 5.31. The molecule has 1 saturated heterocycles. The molecular formula is C22H25N3O5. The molecule has 1 aliphatic rings. The fraction of sp³-hybridized carbons (Fsp3) is 0.364. The van der Waals surface area contributed by atoms with Gasteiger partial charge in [0.2, 0.25) is 5.91 Å². The van der Waals surface area contributed by atoms with Gasteiger partial charge < -0.3 is 15.0 Å². The number of hydrogen-bond donors (Lipinski definition) is 1. The van der Waals surface area contributed by atoms with E-state index in [2.05, 4.69) is 5.32 Å². The van der Waals surface area contributed by atoms with E-state index in [-0.39, 0.29) is 17.5 Å². The van der Waals surface area contributed by atoms with Crippen LogP contribution in [0.4, 0.5) is 5.69 Å². The van der Waals surface area contributed by atoms with Crippen LogP contribution in [0.15, 0.2) is 36.4 Å². The quantitative estimate of drug-likeness (QED) is 0.581. The zero-order chi connectivity index (χ0) is 21.8. The Morgan fingerprint density at radius 1 is 1.20 bits per heavy atom. The standard InChI is InChI=1S/C22H25N3O5/c1-14-6-7-16(12-20(14)30-3)13-23-21(26)19-5-4-10-24(19)22(27)17-8-9-18(25(28)29)15(2)11-17/h6-9,11-12,19H,4-5,10,13H2,1-3H3,(H,23,26). The van der Waals surface area contributed by atoms with E-state index in [1.165, 1.54) is 18.2 Å². The predicted octanol–water partition coefficient (Wildman–Crippen LogP) is 3.14. The third kappa shape index (κ3) is 4.42. The number of rotatable bonds is 6. The van der Waals surface area contributed by atoms with Gasteiger partial charge in [-0.1, -0.05) is 12.1 Å². The van der Waals surface area contributed by atoms with Gasteiger partial charge in [0.15, 0.2) is 0 Å². The molecule has 30 heavy (non-hydrogen) atoms. The maximum atomic E-state index is 12.9. The van der Waals surface area contributed by atoms with Crippen molar-refractivity contribution >= 4 is 17.5 Å². The molecule has 0 aromatic heterocycles. The van der Waals surface area contributed by atoms with E-state index in [1.807, 2.05) is 25.1 Å². The van der Waals surface area contributed by atoms with E-state index in [4.69, 9.17) is 4.74 Å². The van der Waals surface area contributed by atoms with Crippen LogP contribution in [0.2, 0.25) is 0 Å². The number of benzene rings is 2. The van der Waals surface area contributed by atoms with Gasteiger partial charge in [0, 0.05) is 30.3 Å². The Balaban J connectivity index is 1.69. The largest absolute Gasteiger partial charge is 0.496 e. The summed E-state index contributed by atoms with van der Waals surface area (Å²) in [5.41, 5.74) is 2.66. The highest BCUT2D eigenvalue weighted by atomic mass is 16.6. The van der Waals surface area contributed by atoms with E-state index in [1.54, 1.807) is 18.9 Å². The average molecular weight is 411 g/mol. The van der Waals surface area contributed by atoms with Crippen LogP contribution in [0, 0.1) is 24.0 Å². The molecule has 2 amide bonds. The molecule has 1 heterocycles. The number of methoxy groups -OCH3 is 1. The topological polar surface area (TPSA) is 102 Å². The molecule has 8 heteroatoms. The molecule has 8 nitrogen and oxygen atoms in total. The molecule has 1 fully saturated rings. The number of carbonyl (C=O) groups is 2. The molecule has 1 unspecified atom stereocenters. The number of ether oxygens (including phenoxy) is 1. The first-order valence-electron chi connectivity index (χ1n) is 9.79. The molecule has 0 saturated carbocycles. The van der Waals surface area contributed by atoms with Crippen molar-refractivity contribution in [1.29, 1.82) is 0 Å². The number of aryl methyl sites for hydroxylation is 2. The summed E-state index contributed by atoms with van der Waals surface area (Å²) in [4.78, 5) is 37.8. The second-order valence-electron chi connectivity index (χ2n) is 7.44. The summed E-state index contributed by atoms with van der Waals surface area (Å²) in [7, 11) is 1.60. The van der Waals surface area contributed by atoms with Crippen LogP contribution in [-0.2, 0) is 11.3 Å². The lowest BCUT2D eigenvalue weighted by Gasteiger charge is -2.24. The maximum Gasteiger partial charge on any atom is 0.272 e. The van der Waals surface area contributed by atoms with Gasteiger partial charge in [-0.05, 0) is 56.0 Å². The van der Waals surface area contributed by atoms with Crippen LogP contribution < -0.4 is 10.1 Å². The summed E-state index contributed by atoms with van der Waals surface area (Å²) in [6.45, 7) is 4.36. The smallest absolute Gasteiger partial charge is 0.272 e. The molecule has 3 rings (SSSR count). The Kier molecular flexibility index (Phi) is 6.34. The fourth-order valence-electron chi connectivity index (χ4n) is 3.72. The Morgan fingerprint density at radius 3 is 2.63 bits per heavy atom. The van der Waals surface area contributed by atoms with Crippen molar-refractivity contribution in [1.82, 2.24) is 10.2 Å². The van der Waals surface area contributed by atoms with Crippen molar-refractivity contribution in [2.75, 3.05) is 13.7 Å². The van der Waals surface area contributed by atoms with Gasteiger partial charge in [0.25, 0.3) is 11.6 Å². The number of likely N-dealkylation sites (tertiary alicyclic amines) is 1. The third-order valence-electron chi connectivity index (χ3n) is 5.40. The Labute approximate surface area is 175 Å². The lowest BCUT2D eigenvalue weighted by molar-refractivity contribution is -0.385. The Bertz CT molecular complexity index is 989. The summed E-state index contributed by atoms with van der Waals surface area (Å²) in [6, 6.07) is 9.47. The molecule has 158 valence electrons. The molecular weight excluding hydrogens is 386 g/mol. The SMILES string of the molecule is COc1cc(CNC(=O)C2CCCN2C(=O)c2ccc([N+](=O)[O-])c(C)c2)ccc1C. The van der Waals surface area contributed by atoms with Crippen LogP contribution in [0.1, 0.15) is 39.9 Å². The first kappa shape index (κ1) is 21.3. The van der Waals surface area contributed by atoms with Crippen LogP contribution in [0.25, 0.3) is 0 Å². The van der Waals surface area contributed by atoms with E-state index in [0.29, 0.717) is 30.6 Å². The first-order valence-corrected chi connectivity index (χ1v) is 9.79. The lowest BCUT2D eigenvalue weighted by Crippen LogP contribution is -2.45. The number of nitrogens with one attached hydrogen (secondary N) is 1. The normalized spacial score (nSPS) is 15.7. The summed E-state index contributed by atoms with van der Waals surface area (Å²) in [5, 5.41) is 13.9. The first-order chi connectivity index (χ1) is 14.3. The highest BCUT2D eigenvalue weighted by Crippen LogP contribution is 2.24. The number of nitro groups is 1. The van der Waals surface area contributed by atoms with E-state index < -0.39 is 11.0 Å². The van der Waals surface area contributed by atoms with Gasteiger partial charge in [-0.25, -0.2) is 0 Å². The molecule has 2 aromatic rings.